The van der Waals surface area contributed by atoms with E-state index < -0.39 is 12.6 Å². The van der Waals surface area contributed by atoms with Crippen LogP contribution >= 0.6 is 0 Å². The van der Waals surface area contributed by atoms with Crippen LogP contribution in [0.15, 0.2) is 55.0 Å². The number of carboxylic acid groups (broad SMARTS) is 1. The van der Waals surface area contributed by atoms with Crippen LogP contribution in [0.1, 0.15) is 30.3 Å². The standard InChI is InChI=1S/C27H27F2N5O3/c1-16-14-33(10-9-21(16)25(35)36)27-30-12-20(13-31-27)19-7-8-24-32-17(2)22(34(24)15-19)11-18-5-3-4-6-23(18)37-26(28)29/h3-8,12-13,15-16,21,26H,9-11,14H2,1-2H3,(H,35,36)/t16-,21+/m0/s1. The summed E-state index contributed by atoms with van der Waals surface area (Å²) in [6.07, 6.45) is 6.39. The molecule has 37 heavy (non-hydrogen) atoms. The van der Waals surface area contributed by atoms with Crippen LogP contribution in [0.3, 0.4) is 0 Å². The first-order chi connectivity index (χ1) is 17.8. The summed E-state index contributed by atoms with van der Waals surface area (Å²) in [7, 11) is 0. The third-order valence-corrected chi connectivity index (χ3v) is 6.94. The molecule has 0 spiro atoms. The molecule has 0 radical (unpaired) electrons. The topological polar surface area (TPSA) is 92.9 Å². The van der Waals surface area contributed by atoms with Crippen LogP contribution in [-0.4, -0.2) is 50.1 Å². The Morgan fingerprint density at radius 3 is 2.62 bits per heavy atom. The molecule has 1 saturated heterocycles. The Kier molecular flexibility index (Phi) is 6.73. The summed E-state index contributed by atoms with van der Waals surface area (Å²) in [5, 5.41) is 9.36. The molecule has 1 fully saturated rings. The zero-order valence-corrected chi connectivity index (χ0v) is 20.5. The number of hydrogen-bond acceptors (Lipinski definition) is 6. The molecule has 0 aliphatic carbocycles. The maximum atomic E-state index is 12.9. The number of carboxylic acids is 1. The number of alkyl halides is 2. The number of halogens is 2. The van der Waals surface area contributed by atoms with E-state index in [0.29, 0.717) is 37.4 Å². The normalized spacial score (nSPS) is 17.9. The first-order valence-corrected chi connectivity index (χ1v) is 12.1. The number of imidazole rings is 1. The van der Waals surface area contributed by atoms with Crippen molar-refractivity contribution in [2.75, 3.05) is 18.0 Å². The summed E-state index contributed by atoms with van der Waals surface area (Å²) in [4.78, 5) is 27.2. The molecule has 0 bridgehead atoms. The molecule has 0 unspecified atom stereocenters. The average molecular weight is 508 g/mol. The number of rotatable bonds is 7. The number of fused-ring (bicyclic) bond motifs is 1. The van der Waals surface area contributed by atoms with Crippen molar-refractivity contribution < 1.29 is 23.4 Å². The molecule has 1 N–H and O–H groups in total. The molecule has 4 heterocycles. The van der Waals surface area contributed by atoms with Crippen molar-refractivity contribution >= 4 is 17.6 Å². The lowest BCUT2D eigenvalue weighted by Gasteiger charge is -2.34. The van der Waals surface area contributed by atoms with Gasteiger partial charge in [0.25, 0.3) is 0 Å². The fourth-order valence-electron chi connectivity index (χ4n) is 4.96. The van der Waals surface area contributed by atoms with Crippen LogP contribution in [0.25, 0.3) is 16.8 Å². The summed E-state index contributed by atoms with van der Waals surface area (Å²) in [6.45, 7) is 2.13. The predicted molar refractivity (Wildman–Crippen MR) is 134 cm³/mol. The number of nitrogens with zero attached hydrogens (tertiary/aromatic N) is 5. The van der Waals surface area contributed by atoms with Crippen molar-refractivity contribution in [2.45, 2.75) is 33.3 Å². The van der Waals surface area contributed by atoms with Gasteiger partial charge in [0.15, 0.2) is 0 Å². The van der Waals surface area contributed by atoms with Crippen LogP contribution in [0.4, 0.5) is 14.7 Å². The van der Waals surface area contributed by atoms with Gasteiger partial charge in [-0.1, -0.05) is 25.1 Å². The SMILES string of the molecule is Cc1nc2ccc(-c3cnc(N4CC[C@@H](C(=O)O)[C@@H](C)C4)nc3)cn2c1Cc1ccccc1OC(F)F. The van der Waals surface area contributed by atoms with Crippen molar-refractivity contribution in [1.29, 1.82) is 0 Å². The van der Waals surface area contributed by atoms with Gasteiger partial charge >= 0.3 is 12.6 Å². The number of benzene rings is 1. The first kappa shape index (κ1) is 24.6. The Bertz CT molecular complexity index is 1420. The Morgan fingerprint density at radius 1 is 1.16 bits per heavy atom. The molecule has 4 aromatic rings. The quantitative estimate of drug-likeness (QED) is 0.383. The number of pyridine rings is 1. The van der Waals surface area contributed by atoms with E-state index in [1.165, 1.54) is 6.07 Å². The van der Waals surface area contributed by atoms with Gasteiger partial charge in [-0.3, -0.25) is 4.79 Å². The van der Waals surface area contributed by atoms with Crippen molar-refractivity contribution in [2.24, 2.45) is 11.8 Å². The van der Waals surface area contributed by atoms with E-state index in [1.807, 2.05) is 41.5 Å². The van der Waals surface area contributed by atoms with E-state index in [4.69, 9.17) is 4.74 Å². The lowest BCUT2D eigenvalue weighted by Crippen LogP contribution is -2.42. The smallest absolute Gasteiger partial charge is 0.387 e. The van der Waals surface area contributed by atoms with Gasteiger partial charge in [-0.25, -0.2) is 15.0 Å². The minimum Gasteiger partial charge on any atom is -0.481 e. The summed E-state index contributed by atoms with van der Waals surface area (Å²) < 4.78 is 32.4. The number of para-hydroxylation sites is 1. The lowest BCUT2D eigenvalue weighted by atomic mass is 9.87. The fourth-order valence-corrected chi connectivity index (χ4v) is 4.96. The van der Waals surface area contributed by atoms with E-state index >= 15 is 0 Å². The summed E-state index contributed by atoms with van der Waals surface area (Å²) >= 11 is 0. The van der Waals surface area contributed by atoms with Gasteiger partial charge in [-0.05, 0) is 37.5 Å². The lowest BCUT2D eigenvalue weighted by molar-refractivity contribution is -0.144. The third kappa shape index (κ3) is 5.09. The van der Waals surface area contributed by atoms with E-state index in [2.05, 4.69) is 15.0 Å². The molecule has 3 aromatic heterocycles. The number of anilines is 1. The van der Waals surface area contributed by atoms with Gasteiger partial charge in [0, 0.05) is 60.5 Å². The second-order valence-corrected chi connectivity index (χ2v) is 9.38. The van der Waals surface area contributed by atoms with E-state index in [1.54, 1.807) is 30.6 Å². The molecule has 0 amide bonds. The number of piperidine rings is 1. The second kappa shape index (κ2) is 10.1. The van der Waals surface area contributed by atoms with Crippen molar-refractivity contribution in [3.8, 4) is 16.9 Å². The van der Waals surface area contributed by atoms with Gasteiger partial charge < -0.3 is 19.1 Å². The maximum absolute atomic E-state index is 12.9. The molecular weight excluding hydrogens is 480 g/mol. The van der Waals surface area contributed by atoms with Crippen molar-refractivity contribution in [3.63, 3.8) is 0 Å². The van der Waals surface area contributed by atoms with Gasteiger partial charge in [-0.15, -0.1) is 0 Å². The highest BCUT2D eigenvalue weighted by Gasteiger charge is 2.32. The predicted octanol–water partition coefficient (Wildman–Crippen LogP) is 4.84. The van der Waals surface area contributed by atoms with Crippen LogP contribution in [-0.2, 0) is 11.2 Å². The molecule has 1 aromatic carbocycles. The number of aryl methyl sites for hydroxylation is 1. The molecule has 1 aliphatic rings. The van der Waals surface area contributed by atoms with Gasteiger partial charge in [-0.2, -0.15) is 8.78 Å². The Hall–Kier alpha value is -4.08. The zero-order chi connectivity index (χ0) is 26.1. The molecule has 2 atom stereocenters. The second-order valence-electron chi connectivity index (χ2n) is 9.38. The fraction of sp³-hybridized carbons (Fsp3) is 0.333. The Labute approximate surface area is 212 Å². The minimum absolute atomic E-state index is 0.0102. The van der Waals surface area contributed by atoms with E-state index in [-0.39, 0.29) is 17.6 Å². The average Bonchev–Trinajstić information content (AvgIpc) is 3.18. The summed E-state index contributed by atoms with van der Waals surface area (Å²) in [5.74, 6) is -0.359. The zero-order valence-electron chi connectivity index (χ0n) is 20.5. The van der Waals surface area contributed by atoms with Crippen LogP contribution in [0.5, 0.6) is 5.75 Å². The molecule has 8 nitrogen and oxygen atoms in total. The van der Waals surface area contributed by atoms with E-state index in [9.17, 15) is 18.7 Å². The van der Waals surface area contributed by atoms with Crippen molar-refractivity contribution in [3.05, 3.63) is 71.9 Å². The molecule has 1 aliphatic heterocycles. The van der Waals surface area contributed by atoms with Crippen molar-refractivity contribution in [1.82, 2.24) is 19.4 Å². The van der Waals surface area contributed by atoms with Crippen LogP contribution in [0, 0.1) is 18.8 Å². The Balaban J connectivity index is 1.40. The third-order valence-electron chi connectivity index (χ3n) is 6.94. The minimum atomic E-state index is -2.90. The monoisotopic (exact) mass is 507 g/mol. The largest absolute Gasteiger partial charge is 0.481 e. The summed E-state index contributed by atoms with van der Waals surface area (Å²) in [6, 6.07) is 10.6. The van der Waals surface area contributed by atoms with Crippen LogP contribution in [0.2, 0.25) is 0 Å². The maximum Gasteiger partial charge on any atom is 0.387 e. The van der Waals surface area contributed by atoms with Crippen LogP contribution < -0.4 is 9.64 Å². The molecule has 10 heteroatoms. The number of hydrogen-bond donors (Lipinski definition) is 1. The molecular formula is C27H27F2N5O3. The highest BCUT2D eigenvalue weighted by atomic mass is 19.3. The van der Waals surface area contributed by atoms with Gasteiger partial charge in [0.2, 0.25) is 5.95 Å². The Morgan fingerprint density at radius 2 is 1.92 bits per heavy atom. The van der Waals surface area contributed by atoms with Gasteiger partial charge in [0.1, 0.15) is 11.4 Å². The molecule has 192 valence electrons. The number of ether oxygens (including phenoxy) is 1. The highest BCUT2D eigenvalue weighted by molar-refractivity contribution is 5.71. The number of aromatic nitrogens is 4. The highest BCUT2D eigenvalue weighted by Crippen LogP contribution is 2.29. The number of carbonyl (C=O) groups is 1. The summed E-state index contributed by atoms with van der Waals surface area (Å²) in [5.41, 5.74) is 4.76. The van der Waals surface area contributed by atoms with E-state index in [0.717, 1.165) is 28.2 Å². The molecule has 0 saturated carbocycles. The first-order valence-electron chi connectivity index (χ1n) is 12.1. The van der Waals surface area contributed by atoms with Gasteiger partial charge in [0.05, 0.1) is 11.6 Å². The molecule has 5 rings (SSSR count). The number of aliphatic carboxylic acids is 1.